The Bertz CT molecular complexity index is 468. The van der Waals surface area contributed by atoms with Crippen LogP contribution in [0.25, 0.3) is 0 Å². The van der Waals surface area contributed by atoms with Crippen LogP contribution >= 0.6 is 12.4 Å². The van der Waals surface area contributed by atoms with E-state index in [0.717, 1.165) is 43.5 Å². The highest BCUT2D eigenvalue weighted by Crippen LogP contribution is 2.27. The van der Waals surface area contributed by atoms with Gasteiger partial charge in [-0.2, -0.15) is 0 Å². The number of nitrogen functional groups attached to an aromatic ring is 1. The summed E-state index contributed by atoms with van der Waals surface area (Å²) >= 11 is 0. The molecule has 1 aromatic carbocycles. The van der Waals surface area contributed by atoms with Crippen LogP contribution in [0.15, 0.2) is 24.3 Å². The van der Waals surface area contributed by atoms with E-state index in [0.29, 0.717) is 6.42 Å². The van der Waals surface area contributed by atoms with Crippen molar-refractivity contribution in [2.45, 2.75) is 25.3 Å². The average Bonchev–Trinajstić information content (AvgIpc) is 3.23. The van der Waals surface area contributed by atoms with Gasteiger partial charge in [-0.25, -0.2) is 0 Å². The van der Waals surface area contributed by atoms with E-state index in [2.05, 4.69) is 4.90 Å². The van der Waals surface area contributed by atoms with E-state index < -0.39 is 0 Å². The molecule has 1 aromatic rings. The molecule has 0 atom stereocenters. The van der Waals surface area contributed by atoms with Gasteiger partial charge in [0.2, 0.25) is 5.91 Å². The lowest BCUT2D eigenvalue weighted by Crippen LogP contribution is -2.49. The van der Waals surface area contributed by atoms with Gasteiger partial charge >= 0.3 is 0 Å². The van der Waals surface area contributed by atoms with Crippen molar-refractivity contribution < 1.29 is 4.79 Å². The van der Waals surface area contributed by atoms with E-state index in [1.807, 2.05) is 29.2 Å². The maximum atomic E-state index is 12.2. The summed E-state index contributed by atoms with van der Waals surface area (Å²) in [6, 6.07) is 8.42. The summed E-state index contributed by atoms with van der Waals surface area (Å²) in [7, 11) is 0. The van der Waals surface area contributed by atoms with Gasteiger partial charge in [0.15, 0.2) is 0 Å². The fraction of sp³-hybridized carbons (Fsp3) is 0.533. The Kier molecular flexibility index (Phi) is 4.89. The normalized spacial score (nSPS) is 19.5. The Morgan fingerprint density at radius 3 is 2.50 bits per heavy atom. The van der Waals surface area contributed by atoms with E-state index >= 15 is 0 Å². The topological polar surface area (TPSA) is 49.6 Å². The van der Waals surface area contributed by atoms with Crippen molar-refractivity contribution in [3.63, 3.8) is 0 Å². The fourth-order valence-corrected chi connectivity index (χ4v) is 2.77. The zero-order valence-corrected chi connectivity index (χ0v) is 12.4. The molecule has 0 radical (unpaired) electrons. The number of piperazine rings is 1. The summed E-state index contributed by atoms with van der Waals surface area (Å²) in [6.45, 7) is 3.82. The van der Waals surface area contributed by atoms with Gasteiger partial charge in [-0.1, -0.05) is 12.1 Å². The second-order valence-electron chi connectivity index (χ2n) is 5.57. The van der Waals surface area contributed by atoms with Gasteiger partial charge in [0, 0.05) is 37.9 Å². The number of carbonyl (C=O) groups excluding carboxylic acids is 1. The molecule has 1 heterocycles. The molecule has 1 saturated heterocycles. The van der Waals surface area contributed by atoms with Crippen molar-refractivity contribution in [2.75, 3.05) is 31.9 Å². The molecule has 2 fully saturated rings. The summed E-state index contributed by atoms with van der Waals surface area (Å²) in [4.78, 5) is 16.7. The molecule has 5 heteroatoms. The first kappa shape index (κ1) is 15.1. The number of anilines is 1. The first-order valence-electron chi connectivity index (χ1n) is 7.08. The van der Waals surface area contributed by atoms with E-state index in [1.165, 1.54) is 12.8 Å². The number of benzene rings is 1. The molecule has 2 N–H and O–H groups in total. The summed E-state index contributed by atoms with van der Waals surface area (Å²) in [6.07, 6.45) is 3.16. The number of hydrogen-bond donors (Lipinski definition) is 1. The van der Waals surface area contributed by atoms with Crippen LogP contribution in [0.5, 0.6) is 0 Å². The molecule has 1 aliphatic heterocycles. The zero-order chi connectivity index (χ0) is 13.2. The molecule has 4 nitrogen and oxygen atoms in total. The number of nitrogens with two attached hydrogens (primary N) is 1. The van der Waals surface area contributed by atoms with Crippen molar-refractivity contribution in [1.29, 1.82) is 0 Å². The molecule has 3 rings (SSSR count). The first-order chi connectivity index (χ1) is 9.22. The van der Waals surface area contributed by atoms with E-state index in [9.17, 15) is 4.79 Å². The second-order valence-corrected chi connectivity index (χ2v) is 5.57. The number of halogens is 1. The van der Waals surface area contributed by atoms with Crippen molar-refractivity contribution in [3.8, 4) is 0 Å². The highest BCUT2D eigenvalue weighted by Gasteiger charge is 2.32. The molecule has 20 heavy (non-hydrogen) atoms. The maximum absolute atomic E-state index is 12.2. The maximum Gasteiger partial charge on any atom is 0.227 e. The summed E-state index contributed by atoms with van der Waals surface area (Å²) in [5.41, 5.74) is 7.47. The van der Waals surface area contributed by atoms with Crippen LogP contribution in [0, 0.1) is 0 Å². The number of amides is 1. The molecule has 110 valence electrons. The van der Waals surface area contributed by atoms with Crippen molar-refractivity contribution in [3.05, 3.63) is 29.8 Å². The molecular weight excluding hydrogens is 274 g/mol. The molecule has 0 spiro atoms. The van der Waals surface area contributed by atoms with Crippen molar-refractivity contribution in [1.82, 2.24) is 9.80 Å². The van der Waals surface area contributed by atoms with Crippen LogP contribution in [-0.2, 0) is 11.2 Å². The highest BCUT2D eigenvalue weighted by atomic mass is 35.5. The first-order valence-corrected chi connectivity index (χ1v) is 7.08. The minimum atomic E-state index is 0. The van der Waals surface area contributed by atoms with Crippen LogP contribution < -0.4 is 5.73 Å². The summed E-state index contributed by atoms with van der Waals surface area (Å²) in [5, 5.41) is 0. The number of nitrogens with zero attached hydrogens (tertiary/aromatic N) is 2. The molecule has 2 aliphatic rings. The van der Waals surface area contributed by atoms with Crippen LogP contribution in [0.4, 0.5) is 5.69 Å². The smallest absolute Gasteiger partial charge is 0.227 e. The van der Waals surface area contributed by atoms with Gasteiger partial charge in [0.1, 0.15) is 0 Å². The highest BCUT2D eigenvalue weighted by molar-refractivity contribution is 5.85. The third-order valence-electron chi connectivity index (χ3n) is 4.04. The molecule has 0 bridgehead atoms. The Labute approximate surface area is 126 Å². The Balaban J connectivity index is 0.00000147. The molecule has 0 aromatic heterocycles. The predicted octanol–water partition coefficient (Wildman–Crippen LogP) is 1.54. The quantitative estimate of drug-likeness (QED) is 0.861. The minimum absolute atomic E-state index is 0. The van der Waals surface area contributed by atoms with Crippen LogP contribution in [0.2, 0.25) is 0 Å². The van der Waals surface area contributed by atoms with Crippen molar-refractivity contribution in [2.24, 2.45) is 0 Å². The summed E-state index contributed by atoms with van der Waals surface area (Å²) < 4.78 is 0. The molecular formula is C15H22ClN3O. The SMILES string of the molecule is Cl.Nc1cccc(CC(=O)N2CCN(C3CC3)CC2)c1. The number of rotatable bonds is 3. The molecule has 1 aliphatic carbocycles. The van der Waals surface area contributed by atoms with E-state index in [1.54, 1.807) is 0 Å². The zero-order valence-electron chi connectivity index (χ0n) is 11.6. The third-order valence-corrected chi connectivity index (χ3v) is 4.04. The number of hydrogen-bond acceptors (Lipinski definition) is 3. The average molecular weight is 296 g/mol. The lowest BCUT2D eigenvalue weighted by molar-refractivity contribution is -0.132. The van der Waals surface area contributed by atoms with E-state index in [-0.39, 0.29) is 18.3 Å². The van der Waals surface area contributed by atoms with Gasteiger partial charge in [-0.3, -0.25) is 9.69 Å². The van der Waals surface area contributed by atoms with Gasteiger partial charge < -0.3 is 10.6 Å². The predicted molar refractivity (Wildman–Crippen MR) is 83.0 cm³/mol. The molecule has 1 saturated carbocycles. The number of carbonyl (C=O) groups is 1. The Morgan fingerprint density at radius 2 is 1.90 bits per heavy atom. The van der Waals surface area contributed by atoms with Crippen LogP contribution in [0.1, 0.15) is 18.4 Å². The van der Waals surface area contributed by atoms with Crippen molar-refractivity contribution >= 4 is 24.0 Å². The summed E-state index contributed by atoms with van der Waals surface area (Å²) in [5.74, 6) is 0.223. The lowest BCUT2D eigenvalue weighted by atomic mass is 10.1. The van der Waals surface area contributed by atoms with Gasteiger partial charge in [0.05, 0.1) is 6.42 Å². The Hall–Kier alpha value is -1.26. The minimum Gasteiger partial charge on any atom is -0.399 e. The van der Waals surface area contributed by atoms with Gasteiger partial charge in [0.25, 0.3) is 0 Å². The van der Waals surface area contributed by atoms with Gasteiger partial charge in [-0.15, -0.1) is 12.4 Å². The van der Waals surface area contributed by atoms with E-state index in [4.69, 9.17) is 5.73 Å². The lowest BCUT2D eigenvalue weighted by Gasteiger charge is -2.34. The second kappa shape index (κ2) is 6.46. The third kappa shape index (κ3) is 3.64. The standard InChI is InChI=1S/C15H21N3O.ClH/c16-13-3-1-2-12(10-13)11-15(19)18-8-6-17(7-9-18)14-4-5-14;/h1-3,10,14H,4-9,11,16H2;1H. The monoisotopic (exact) mass is 295 g/mol. The molecule has 0 unspecified atom stereocenters. The van der Waals surface area contributed by atoms with Crippen LogP contribution in [0.3, 0.4) is 0 Å². The fourth-order valence-electron chi connectivity index (χ4n) is 2.77. The van der Waals surface area contributed by atoms with Crippen LogP contribution in [-0.4, -0.2) is 47.9 Å². The molecule has 1 amide bonds. The van der Waals surface area contributed by atoms with Gasteiger partial charge in [-0.05, 0) is 30.5 Å². The largest absolute Gasteiger partial charge is 0.399 e. The Morgan fingerprint density at radius 1 is 1.20 bits per heavy atom.